The lowest BCUT2D eigenvalue weighted by molar-refractivity contribution is 0.592. The molecule has 0 aliphatic rings. The molecule has 17 heavy (non-hydrogen) atoms. The molecule has 1 aromatic rings. The summed E-state index contributed by atoms with van der Waals surface area (Å²) in [4.78, 5) is 4.29. The van der Waals surface area contributed by atoms with Gasteiger partial charge in [0, 0.05) is 19.6 Å². The van der Waals surface area contributed by atoms with E-state index in [1.807, 2.05) is 11.6 Å². The Bertz CT molecular complexity index is 391. The number of hydrogen-bond acceptors (Lipinski definition) is 2. The van der Waals surface area contributed by atoms with Crippen molar-refractivity contribution in [3.63, 3.8) is 0 Å². The number of halogens is 1. The Morgan fingerprint density at radius 2 is 2.12 bits per heavy atom. The third kappa shape index (κ3) is 4.17. The normalized spacial score (nSPS) is 12.8. The maximum absolute atomic E-state index is 5.98. The van der Waals surface area contributed by atoms with Crippen LogP contribution >= 0.6 is 11.6 Å². The fourth-order valence-corrected chi connectivity index (χ4v) is 1.58. The first-order valence-corrected chi connectivity index (χ1v) is 6.40. The molecule has 0 aliphatic heterocycles. The Labute approximate surface area is 109 Å². The molecule has 1 aromatic heterocycles. The highest BCUT2D eigenvalue weighted by molar-refractivity contribution is 6.29. The zero-order valence-corrected chi connectivity index (χ0v) is 12.0. The minimum atomic E-state index is 0.488. The molecule has 0 saturated heterocycles. The van der Waals surface area contributed by atoms with Crippen LogP contribution in [0.15, 0.2) is 11.8 Å². The quantitative estimate of drug-likeness (QED) is 0.876. The Hall–Kier alpha value is -0.800. The molecule has 3 nitrogen and oxygen atoms in total. The molecule has 0 amide bonds. The van der Waals surface area contributed by atoms with Crippen molar-refractivity contribution in [2.75, 3.05) is 6.54 Å². The first-order chi connectivity index (χ1) is 7.91. The standard InChI is InChI=1S/C13H22ClN3/c1-9(2)11(7-15-10(3)4)6-13-16-8-12(14)17(13)5/h6,8-10,15H,7H2,1-5H3/b11-6-. The van der Waals surface area contributed by atoms with Crippen molar-refractivity contribution in [1.29, 1.82) is 0 Å². The second-order valence-electron chi connectivity index (χ2n) is 4.91. The van der Waals surface area contributed by atoms with Gasteiger partial charge in [0.1, 0.15) is 11.0 Å². The van der Waals surface area contributed by atoms with E-state index in [0.717, 1.165) is 12.4 Å². The summed E-state index contributed by atoms with van der Waals surface area (Å²) in [6.07, 6.45) is 3.80. The summed E-state index contributed by atoms with van der Waals surface area (Å²) in [6.45, 7) is 9.57. The third-order valence-electron chi connectivity index (χ3n) is 2.74. The summed E-state index contributed by atoms with van der Waals surface area (Å²) >= 11 is 5.98. The molecule has 0 bridgehead atoms. The van der Waals surface area contributed by atoms with E-state index in [-0.39, 0.29) is 0 Å². The molecule has 4 heteroatoms. The minimum Gasteiger partial charge on any atom is -0.319 e. The van der Waals surface area contributed by atoms with Gasteiger partial charge < -0.3 is 9.88 Å². The van der Waals surface area contributed by atoms with Crippen LogP contribution in [0.4, 0.5) is 0 Å². The van der Waals surface area contributed by atoms with Crippen molar-refractivity contribution in [3.05, 3.63) is 22.7 Å². The van der Waals surface area contributed by atoms with Crippen LogP contribution in [0.25, 0.3) is 6.08 Å². The lowest BCUT2D eigenvalue weighted by Gasteiger charge is -2.14. The van der Waals surface area contributed by atoms with Crippen LogP contribution in [-0.2, 0) is 7.05 Å². The van der Waals surface area contributed by atoms with Gasteiger partial charge in [-0.05, 0) is 12.0 Å². The van der Waals surface area contributed by atoms with Crippen LogP contribution in [0, 0.1) is 5.92 Å². The molecule has 0 radical (unpaired) electrons. The van der Waals surface area contributed by atoms with E-state index in [4.69, 9.17) is 11.6 Å². The van der Waals surface area contributed by atoms with Gasteiger partial charge in [-0.2, -0.15) is 0 Å². The van der Waals surface area contributed by atoms with Gasteiger partial charge in [0.25, 0.3) is 0 Å². The Morgan fingerprint density at radius 1 is 1.47 bits per heavy atom. The van der Waals surface area contributed by atoms with Crippen LogP contribution in [0.1, 0.15) is 33.5 Å². The monoisotopic (exact) mass is 255 g/mol. The molecule has 0 saturated carbocycles. The number of nitrogens with zero attached hydrogens (tertiary/aromatic N) is 2. The molecule has 1 rings (SSSR count). The predicted molar refractivity (Wildman–Crippen MR) is 74.2 cm³/mol. The molecule has 0 aliphatic carbocycles. The van der Waals surface area contributed by atoms with Crippen molar-refractivity contribution >= 4 is 17.7 Å². The average Bonchev–Trinajstić information content (AvgIpc) is 2.54. The third-order valence-corrected chi connectivity index (χ3v) is 3.09. The van der Waals surface area contributed by atoms with Gasteiger partial charge in [0.2, 0.25) is 0 Å². The maximum atomic E-state index is 5.98. The van der Waals surface area contributed by atoms with E-state index >= 15 is 0 Å². The van der Waals surface area contributed by atoms with E-state index in [1.54, 1.807) is 6.20 Å². The van der Waals surface area contributed by atoms with Crippen molar-refractivity contribution < 1.29 is 0 Å². The Balaban J connectivity index is 2.86. The van der Waals surface area contributed by atoms with E-state index < -0.39 is 0 Å². The van der Waals surface area contributed by atoms with Crippen molar-refractivity contribution in [3.8, 4) is 0 Å². The molecule has 96 valence electrons. The summed E-state index contributed by atoms with van der Waals surface area (Å²) in [5, 5.41) is 4.10. The summed E-state index contributed by atoms with van der Waals surface area (Å²) in [5.74, 6) is 1.40. The summed E-state index contributed by atoms with van der Waals surface area (Å²) in [6, 6.07) is 0.488. The van der Waals surface area contributed by atoms with E-state index in [0.29, 0.717) is 17.1 Å². The Kier molecular flexibility index (Phi) is 5.22. The minimum absolute atomic E-state index is 0.488. The molecule has 1 N–H and O–H groups in total. The van der Waals surface area contributed by atoms with Crippen LogP contribution in [0.5, 0.6) is 0 Å². The fourth-order valence-electron chi connectivity index (χ4n) is 1.45. The highest BCUT2D eigenvalue weighted by Crippen LogP contribution is 2.16. The number of aromatic nitrogens is 2. The first kappa shape index (κ1) is 14.3. The van der Waals surface area contributed by atoms with Gasteiger partial charge in [-0.1, -0.05) is 44.9 Å². The highest BCUT2D eigenvalue weighted by atomic mass is 35.5. The van der Waals surface area contributed by atoms with Crippen LogP contribution in [0.3, 0.4) is 0 Å². The second kappa shape index (κ2) is 6.22. The van der Waals surface area contributed by atoms with Gasteiger partial charge in [-0.15, -0.1) is 0 Å². The maximum Gasteiger partial charge on any atom is 0.133 e. The molecule has 0 atom stereocenters. The van der Waals surface area contributed by atoms with Gasteiger partial charge in [-0.25, -0.2) is 4.98 Å². The largest absolute Gasteiger partial charge is 0.319 e. The highest BCUT2D eigenvalue weighted by Gasteiger charge is 2.07. The molecule has 1 heterocycles. The smallest absolute Gasteiger partial charge is 0.133 e. The number of imidazole rings is 1. The Morgan fingerprint density at radius 3 is 2.53 bits per heavy atom. The van der Waals surface area contributed by atoms with Crippen molar-refractivity contribution in [1.82, 2.24) is 14.9 Å². The van der Waals surface area contributed by atoms with E-state index in [2.05, 4.69) is 44.1 Å². The van der Waals surface area contributed by atoms with Gasteiger partial charge in [0.15, 0.2) is 0 Å². The van der Waals surface area contributed by atoms with Crippen molar-refractivity contribution in [2.24, 2.45) is 13.0 Å². The summed E-state index contributed by atoms with van der Waals surface area (Å²) in [7, 11) is 1.93. The van der Waals surface area contributed by atoms with E-state index in [9.17, 15) is 0 Å². The van der Waals surface area contributed by atoms with Crippen molar-refractivity contribution in [2.45, 2.75) is 33.7 Å². The van der Waals surface area contributed by atoms with Crippen LogP contribution < -0.4 is 5.32 Å². The fraction of sp³-hybridized carbons (Fsp3) is 0.615. The molecular formula is C13H22ClN3. The summed E-state index contributed by atoms with van der Waals surface area (Å²) in [5.41, 5.74) is 1.34. The van der Waals surface area contributed by atoms with Crippen LogP contribution in [-0.4, -0.2) is 22.1 Å². The lowest BCUT2D eigenvalue weighted by atomic mass is 10.0. The molecule has 0 unspecified atom stereocenters. The zero-order chi connectivity index (χ0) is 13.0. The van der Waals surface area contributed by atoms with Gasteiger partial charge in [-0.3, -0.25) is 0 Å². The lowest BCUT2D eigenvalue weighted by Crippen LogP contribution is -2.26. The van der Waals surface area contributed by atoms with E-state index in [1.165, 1.54) is 5.57 Å². The number of rotatable bonds is 5. The second-order valence-corrected chi connectivity index (χ2v) is 5.29. The molecule has 0 spiro atoms. The topological polar surface area (TPSA) is 29.9 Å². The zero-order valence-electron chi connectivity index (χ0n) is 11.3. The first-order valence-electron chi connectivity index (χ1n) is 6.03. The predicted octanol–water partition coefficient (Wildman–Crippen LogP) is 3.11. The van der Waals surface area contributed by atoms with Crippen LogP contribution in [0.2, 0.25) is 5.15 Å². The average molecular weight is 256 g/mol. The molecule has 0 aromatic carbocycles. The number of nitrogens with one attached hydrogen (secondary N) is 1. The summed E-state index contributed by atoms with van der Waals surface area (Å²) < 4.78 is 1.89. The molecular weight excluding hydrogens is 234 g/mol. The van der Waals surface area contributed by atoms with Gasteiger partial charge in [0.05, 0.1) is 6.20 Å². The van der Waals surface area contributed by atoms with Gasteiger partial charge >= 0.3 is 0 Å². The number of hydrogen-bond donors (Lipinski definition) is 1. The SMILES string of the molecule is CC(C)NC/C(=C/c1ncc(Cl)n1C)C(C)C. The molecule has 0 fully saturated rings.